The van der Waals surface area contributed by atoms with Gasteiger partial charge in [0, 0.05) is 44.2 Å². The number of aliphatic hydroxyl groups is 1. The lowest BCUT2D eigenvalue weighted by Crippen LogP contribution is -2.53. The maximum absolute atomic E-state index is 9.26. The van der Waals surface area contributed by atoms with Gasteiger partial charge in [-0.15, -0.1) is 0 Å². The summed E-state index contributed by atoms with van der Waals surface area (Å²) in [6, 6.07) is 0.688. The third kappa shape index (κ3) is 3.74. The van der Waals surface area contributed by atoms with Gasteiger partial charge in [-0.3, -0.25) is 4.90 Å². The predicted octanol–water partition coefficient (Wildman–Crippen LogP) is 1.03. The molecule has 1 aliphatic heterocycles. The Kier molecular flexibility index (Phi) is 4.56. The molecule has 1 aliphatic rings. The molecule has 3 heteroatoms. The highest BCUT2D eigenvalue weighted by Gasteiger charge is 2.27. The molecule has 0 aliphatic carbocycles. The van der Waals surface area contributed by atoms with Crippen molar-refractivity contribution in [1.82, 2.24) is 9.80 Å². The fraction of sp³-hybridized carbons (Fsp3) is 1.00. The number of likely N-dealkylation sites (N-methyl/N-ethyl adjacent to an activating group) is 1. The summed E-state index contributed by atoms with van der Waals surface area (Å²) in [6.45, 7) is 11.2. The molecule has 1 fully saturated rings. The molecule has 1 rings (SSSR count). The Labute approximate surface area is 94.1 Å². The van der Waals surface area contributed by atoms with Gasteiger partial charge >= 0.3 is 0 Å². The molecule has 1 N–H and O–H groups in total. The monoisotopic (exact) mass is 214 g/mol. The minimum atomic E-state index is 0.0359. The predicted molar refractivity (Wildman–Crippen MR) is 64.0 cm³/mol. The van der Waals surface area contributed by atoms with Crippen LogP contribution in [0.15, 0.2) is 0 Å². The summed E-state index contributed by atoms with van der Waals surface area (Å²) in [7, 11) is 2.21. The van der Waals surface area contributed by atoms with Crippen LogP contribution in [-0.2, 0) is 0 Å². The van der Waals surface area contributed by atoms with Crippen molar-refractivity contribution < 1.29 is 5.11 Å². The molecule has 15 heavy (non-hydrogen) atoms. The van der Waals surface area contributed by atoms with Crippen molar-refractivity contribution in [3.8, 4) is 0 Å². The minimum absolute atomic E-state index is 0.0359. The molecule has 90 valence electrons. The van der Waals surface area contributed by atoms with Crippen LogP contribution in [0.25, 0.3) is 0 Å². The van der Waals surface area contributed by atoms with Gasteiger partial charge in [-0.05, 0) is 13.5 Å². The smallest absolute Gasteiger partial charge is 0.0494 e. The molecule has 0 aromatic rings. The summed E-state index contributed by atoms with van der Waals surface area (Å²) in [4.78, 5) is 4.94. The van der Waals surface area contributed by atoms with Crippen LogP contribution in [0.5, 0.6) is 0 Å². The van der Waals surface area contributed by atoms with E-state index in [4.69, 9.17) is 0 Å². The van der Waals surface area contributed by atoms with Gasteiger partial charge in [0.1, 0.15) is 0 Å². The average Bonchev–Trinajstić information content (AvgIpc) is 2.20. The maximum atomic E-state index is 9.26. The zero-order valence-corrected chi connectivity index (χ0v) is 10.7. The highest BCUT2D eigenvalue weighted by Crippen LogP contribution is 2.19. The van der Waals surface area contributed by atoms with Crippen molar-refractivity contribution in [2.45, 2.75) is 33.2 Å². The first-order valence-corrected chi connectivity index (χ1v) is 6.02. The zero-order valence-electron chi connectivity index (χ0n) is 10.7. The third-order valence-corrected chi connectivity index (χ3v) is 3.41. The molecule has 0 spiro atoms. The first-order valence-electron chi connectivity index (χ1n) is 6.02. The van der Waals surface area contributed by atoms with E-state index in [9.17, 15) is 5.11 Å². The second-order valence-electron chi connectivity index (χ2n) is 5.60. The molecule has 0 aromatic heterocycles. The Morgan fingerprint density at radius 1 is 1.33 bits per heavy atom. The van der Waals surface area contributed by atoms with Crippen LogP contribution in [0.2, 0.25) is 0 Å². The lowest BCUT2D eigenvalue weighted by Gasteiger charge is -2.41. The van der Waals surface area contributed by atoms with Crippen LogP contribution >= 0.6 is 0 Å². The second-order valence-corrected chi connectivity index (χ2v) is 5.60. The minimum Gasteiger partial charge on any atom is -0.396 e. The van der Waals surface area contributed by atoms with Gasteiger partial charge in [-0.25, -0.2) is 0 Å². The van der Waals surface area contributed by atoms with E-state index < -0.39 is 0 Å². The number of hydrogen-bond donors (Lipinski definition) is 1. The molecule has 0 radical (unpaired) electrons. The number of aliphatic hydroxyl groups excluding tert-OH is 1. The van der Waals surface area contributed by atoms with Crippen LogP contribution in [0.3, 0.4) is 0 Å². The van der Waals surface area contributed by atoms with E-state index in [1.54, 1.807) is 0 Å². The van der Waals surface area contributed by atoms with Gasteiger partial charge < -0.3 is 10.0 Å². The van der Waals surface area contributed by atoms with Gasteiger partial charge in [0.15, 0.2) is 0 Å². The quantitative estimate of drug-likeness (QED) is 0.757. The Hall–Kier alpha value is -0.120. The fourth-order valence-electron chi connectivity index (χ4n) is 2.25. The molecule has 0 aromatic carbocycles. The molecule has 1 saturated heterocycles. The molecule has 0 saturated carbocycles. The molecular weight excluding hydrogens is 188 g/mol. The summed E-state index contributed by atoms with van der Waals surface area (Å²) < 4.78 is 0. The van der Waals surface area contributed by atoms with Crippen molar-refractivity contribution in [3.63, 3.8) is 0 Å². The third-order valence-electron chi connectivity index (χ3n) is 3.41. The highest BCUT2D eigenvalue weighted by molar-refractivity contribution is 4.82. The van der Waals surface area contributed by atoms with Crippen LogP contribution in [-0.4, -0.2) is 60.8 Å². The van der Waals surface area contributed by atoms with Crippen LogP contribution in [0.1, 0.15) is 27.2 Å². The largest absolute Gasteiger partial charge is 0.396 e. The molecule has 1 heterocycles. The Morgan fingerprint density at radius 2 is 2.00 bits per heavy atom. The van der Waals surface area contributed by atoms with E-state index in [2.05, 4.69) is 37.6 Å². The molecule has 3 nitrogen and oxygen atoms in total. The SMILES string of the molecule is CCC1CN(CC(C)(C)CO)CCN1C. The van der Waals surface area contributed by atoms with Crippen LogP contribution in [0, 0.1) is 5.41 Å². The van der Waals surface area contributed by atoms with Crippen molar-refractivity contribution in [2.24, 2.45) is 5.41 Å². The summed E-state index contributed by atoms with van der Waals surface area (Å²) in [5.41, 5.74) is 0.0359. The van der Waals surface area contributed by atoms with Crippen molar-refractivity contribution in [1.29, 1.82) is 0 Å². The number of rotatable bonds is 4. The van der Waals surface area contributed by atoms with Crippen molar-refractivity contribution >= 4 is 0 Å². The Bertz CT molecular complexity index is 194. The Balaban J connectivity index is 2.45. The first-order chi connectivity index (χ1) is 6.98. The average molecular weight is 214 g/mol. The fourth-order valence-corrected chi connectivity index (χ4v) is 2.25. The lowest BCUT2D eigenvalue weighted by atomic mass is 9.93. The number of nitrogens with zero attached hydrogens (tertiary/aromatic N) is 2. The topological polar surface area (TPSA) is 26.7 Å². The van der Waals surface area contributed by atoms with E-state index in [1.165, 1.54) is 6.42 Å². The van der Waals surface area contributed by atoms with Crippen LogP contribution < -0.4 is 0 Å². The molecular formula is C12H26N2O. The first kappa shape index (κ1) is 12.9. The number of piperazine rings is 1. The van der Waals surface area contributed by atoms with Crippen molar-refractivity contribution in [3.05, 3.63) is 0 Å². The van der Waals surface area contributed by atoms with Crippen molar-refractivity contribution in [2.75, 3.05) is 39.8 Å². The van der Waals surface area contributed by atoms with Gasteiger partial charge in [0.2, 0.25) is 0 Å². The standard InChI is InChI=1S/C12H26N2O/c1-5-11-8-14(7-6-13(11)4)9-12(2,3)10-15/h11,15H,5-10H2,1-4H3. The van der Waals surface area contributed by atoms with Gasteiger partial charge in [0.25, 0.3) is 0 Å². The number of hydrogen-bond acceptors (Lipinski definition) is 3. The summed E-state index contributed by atoms with van der Waals surface area (Å²) in [5, 5.41) is 9.26. The van der Waals surface area contributed by atoms with E-state index in [0.717, 1.165) is 26.2 Å². The van der Waals surface area contributed by atoms with E-state index in [-0.39, 0.29) is 12.0 Å². The summed E-state index contributed by atoms with van der Waals surface area (Å²) in [5.74, 6) is 0. The Morgan fingerprint density at radius 3 is 2.53 bits per heavy atom. The van der Waals surface area contributed by atoms with Gasteiger partial charge in [-0.2, -0.15) is 0 Å². The maximum Gasteiger partial charge on any atom is 0.0494 e. The zero-order chi connectivity index (χ0) is 11.5. The summed E-state index contributed by atoms with van der Waals surface area (Å²) in [6.07, 6.45) is 1.21. The molecule has 1 atom stereocenters. The van der Waals surface area contributed by atoms with Crippen LogP contribution in [0.4, 0.5) is 0 Å². The molecule has 0 amide bonds. The second kappa shape index (κ2) is 5.28. The lowest BCUT2D eigenvalue weighted by molar-refractivity contribution is 0.0451. The van der Waals surface area contributed by atoms with E-state index in [1.807, 2.05) is 0 Å². The van der Waals surface area contributed by atoms with Gasteiger partial charge in [0.05, 0.1) is 0 Å². The summed E-state index contributed by atoms with van der Waals surface area (Å²) >= 11 is 0. The molecule has 0 bridgehead atoms. The van der Waals surface area contributed by atoms with E-state index >= 15 is 0 Å². The molecule has 1 unspecified atom stereocenters. The van der Waals surface area contributed by atoms with Gasteiger partial charge in [-0.1, -0.05) is 20.8 Å². The van der Waals surface area contributed by atoms with E-state index in [0.29, 0.717) is 6.04 Å². The highest BCUT2D eigenvalue weighted by atomic mass is 16.3. The normalized spacial score (nSPS) is 25.8.